The highest BCUT2D eigenvalue weighted by Gasteiger charge is 2.14. The van der Waals surface area contributed by atoms with Gasteiger partial charge >= 0.3 is 5.97 Å². The van der Waals surface area contributed by atoms with Crippen LogP contribution < -0.4 is 15.4 Å². The number of carboxylic acid groups (broad SMARTS) is 1. The fourth-order valence-corrected chi connectivity index (χ4v) is 5.40. The maximum Gasteiger partial charge on any atom is 0.303 e. The Balaban J connectivity index is 1.04. The van der Waals surface area contributed by atoms with Gasteiger partial charge in [-0.15, -0.1) is 10.2 Å². The summed E-state index contributed by atoms with van der Waals surface area (Å²) in [6.07, 6.45) is 9.85. The maximum atomic E-state index is 13.2. The number of carbonyl (C=O) groups is 2. The number of hydrogen-bond acceptors (Lipinski definition) is 11. The summed E-state index contributed by atoms with van der Waals surface area (Å²) in [6.45, 7) is 6.53. The Morgan fingerprint density at radius 3 is 2.23 bits per heavy atom. The lowest BCUT2D eigenvalue weighted by Gasteiger charge is -2.16. The fourth-order valence-electron chi connectivity index (χ4n) is 5.40. The smallest absolute Gasteiger partial charge is 0.303 e. The highest BCUT2D eigenvalue weighted by Crippen LogP contribution is 2.21. The second-order valence-corrected chi connectivity index (χ2v) is 12.6. The van der Waals surface area contributed by atoms with Crippen LogP contribution in [0, 0.1) is 0 Å². The van der Waals surface area contributed by atoms with Gasteiger partial charge in [0.25, 0.3) is 5.91 Å². The topological polar surface area (TPSA) is 172 Å². The number of benzene rings is 2. The van der Waals surface area contributed by atoms with Crippen LogP contribution in [0.25, 0.3) is 11.5 Å². The molecule has 0 saturated heterocycles. The van der Waals surface area contributed by atoms with Gasteiger partial charge in [0.1, 0.15) is 17.8 Å². The summed E-state index contributed by atoms with van der Waals surface area (Å²) in [4.78, 5) is 31.9. The molecule has 286 valence electrons. The molecule has 4 aromatic rings. The molecular formula is C39H53N7O7. The third kappa shape index (κ3) is 15.3. The first-order chi connectivity index (χ1) is 25.9. The molecule has 14 heteroatoms. The standard InChI is InChI=1S/C39H53N7O7/c1-30(43-39(49)32-13-10-14-33(26-32)41-28-36-44-45-38(46(36)2)35-17-18-40-29-42-35)31-12-11-15-34(27-31)53-21-9-4-3-7-19-50-22-24-52-25-23-51-20-8-5-6-16-37(47)48/h10-15,17-18,26-27,29-30,41H,3-9,16,19-25,28H2,1-2H3,(H,43,49)(H,47,48)/t30-/m0/s1. The Bertz CT molecular complexity index is 1650. The molecule has 0 spiro atoms. The van der Waals surface area contributed by atoms with Gasteiger partial charge in [-0.2, -0.15) is 0 Å². The molecule has 0 fully saturated rings. The van der Waals surface area contributed by atoms with Gasteiger partial charge in [-0.25, -0.2) is 9.97 Å². The van der Waals surface area contributed by atoms with Crippen molar-refractivity contribution < 1.29 is 33.6 Å². The molecule has 2 heterocycles. The van der Waals surface area contributed by atoms with Crippen LogP contribution in [0.15, 0.2) is 67.1 Å². The predicted octanol–water partition coefficient (Wildman–Crippen LogP) is 6.01. The highest BCUT2D eigenvalue weighted by atomic mass is 16.5. The Labute approximate surface area is 311 Å². The average molecular weight is 732 g/mol. The van der Waals surface area contributed by atoms with E-state index in [0.717, 1.165) is 61.3 Å². The van der Waals surface area contributed by atoms with Gasteiger partial charge in [0, 0.05) is 44.1 Å². The van der Waals surface area contributed by atoms with Crippen molar-refractivity contribution >= 4 is 17.6 Å². The third-order valence-corrected chi connectivity index (χ3v) is 8.43. The summed E-state index contributed by atoms with van der Waals surface area (Å²) in [5.74, 6) is 1.25. The third-order valence-electron chi connectivity index (χ3n) is 8.43. The van der Waals surface area contributed by atoms with Crippen molar-refractivity contribution in [3.63, 3.8) is 0 Å². The molecule has 0 unspecified atom stereocenters. The van der Waals surface area contributed by atoms with Gasteiger partial charge in [-0.05, 0) is 81.0 Å². The summed E-state index contributed by atoms with van der Waals surface area (Å²) in [7, 11) is 1.89. The van der Waals surface area contributed by atoms with Crippen LogP contribution in [0.2, 0.25) is 0 Å². The molecule has 0 saturated carbocycles. The van der Waals surface area contributed by atoms with Crippen molar-refractivity contribution in [3.8, 4) is 17.3 Å². The van der Waals surface area contributed by atoms with Crippen molar-refractivity contribution in [2.24, 2.45) is 7.05 Å². The van der Waals surface area contributed by atoms with Gasteiger partial charge in [-0.1, -0.05) is 31.0 Å². The minimum absolute atomic E-state index is 0.169. The quantitative estimate of drug-likeness (QED) is 0.0611. The van der Waals surface area contributed by atoms with E-state index in [1.165, 1.54) is 6.33 Å². The summed E-state index contributed by atoms with van der Waals surface area (Å²) in [6, 6.07) is 16.8. The molecule has 1 atom stereocenters. The Morgan fingerprint density at radius 1 is 0.811 bits per heavy atom. The van der Waals surface area contributed by atoms with Gasteiger partial charge < -0.3 is 39.3 Å². The van der Waals surface area contributed by atoms with Gasteiger partial charge in [0.15, 0.2) is 11.6 Å². The van der Waals surface area contributed by atoms with E-state index in [0.29, 0.717) is 76.3 Å². The SMILES string of the molecule is C[C@H](NC(=O)c1cccc(NCc2nnc(-c3ccncn3)n2C)c1)c1cccc(OCCCCCCOCCOCCOCCCCCC(=O)O)c1. The number of anilines is 1. The van der Waals surface area contributed by atoms with Crippen LogP contribution in [0.3, 0.4) is 0 Å². The van der Waals surface area contributed by atoms with Gasteiger partial charge in [0.05, 0.1) is 45.6 Å². The molecule has 2 aromatic heterocycles. The fraction of sp³-hybridized carbons (Fsp3) is 0.487. The second kappa shape index (κ2) is 23.6. The van der Waals surface area contributed by atoms with Crippen LogP contribution >= 0.6 is 0 Å². The number of ether oxygens (including phenoxy) is 4. The summed E-state index contributed by atoms with van der Waals surface area (Å²) in [5.41, 5.74) is 3.00. The zero-order valence-corrected chi connectivity index (χ0v) is 30.9. The molecule has 3 N–H and O–H groups in total. The number of rotatable bonds is 27. The molecule has 14 nitrogen and oxygen atoms in total. The van der Waals surface area contributed by atoms with Gasteiger partial charge in [0.2, 0.25) is 0 Å². The van der Waals surface area contributed by atoms with E-state index in [2.05, 4.69) is 30.8 Å². The summed E-state index contributed by atoms with van der Waals surface area (Å²) >= 11 is 0. The number of nitrogens with zero attached hydrogens (tertiary/aromatic N) is 5. The van der Waals surface area contributed by atoms with Crippen molar-refractivity contribution in [2.75, 3.05) is 51.6 Å². The van der Waals surface area contributed by atoms with E-state index < -0.39 is 5.97 Å². The van der Waals surface area contributed by atoms with Gasteiger partial charge in [-0.3, -0.25) is 9.59 Å². The molecule has 0 bridgehead atoms. The van der Waals surface area contributed by atoms with Crippen LogP contribution in [0.4, 0.5) is 5.69 Å². The van der Waals surface area contributed by atoms with E-state index >= 15 is 0 Å². The molecule has 0 aliphatic carbocycles. The number of unbranched alkanes of at least 4 members (excludes halogenated alkanes) is 5. The first-order valence-electron chi connectivity index (χ1n) is 18.4. The predicted molar refractivity (Wildman–Crippen MR) is 201 cm³/mol. The molecule has 0 aliphatic heterocycles. The number of amides is 1. The lowest BCUT2D eigenvalue weighted by molar-refractivity contribution is -0.137. The largest absolute Gasteiger partial charge is 0.494 e. The monoisotopic (exact) mass is 731 g/mol. The minimum atomic E-state index is -0.748. The Kier molecular flexibility index (Phi) is 18.2. The van der Waals surface area contributed by atoms with Crippen LogP contribution in [0.1, 0.15) is 86.1 Å². The number of aromatic nitrogens is 5. The van der Waals surface area contributed by atoms with E-state index in [1.54, 1.807) is 18.3 Å². The summed E-state index contributed by atoms with van der Waals surface area (Å²) < 4.78 is 24.6. The van der Waals surface area contributed by atoms with Crippen LogP contribution in [-0.4, -0.2) is 88.0 Å². The highest BCUT2D eigenvalue weighted by molar-refractivity contribution is 5.95. The Hall–Kier alpha value is -4.92. The first-order valence-corrected chi connectivity index (χ1v) is 18.4. The molecule has 0 radical (unpaired) electrons. The van der Waals surface area contributed by atoms with Crippen molar-refractivity contribution in [1.82, 2.24) is 30.0 Å². The van der Waals surface area contributed by atoms with Crippen LogP contribution in [0.5, 0.6) is 5.75 Å². The zero-order valence-electron chi connectivity index (χ0n) is 30.9. The lowest BCUT2D eigenvalue weighted by Crippen LogP contribution is -2.26. The Morgan fingerprint density at radius 2 is 1.51 bits per heavy atom. The van der Waals surface area contributed by atoms with Crippen LogP contribution in [-0.2, 0) is 32.6 Å². The zero-order chi connectivity index (χ0) is 37.5. The average Bonchev–Trinajstić information content (AvgIpc) is 3.54. The molecule has 53 heavy (non-hydrogen) atoms. The van der Waals surface area contributed by atoms with Crippen molar-refractivity contribution in [1.29, 1.82) is 0 Å². The lowest BCUT2D eigenvalue weighted by atomic mass is 10.1. The number of hydrogen-bond donors (Lipinski definition) is 3. The summed E-state index contributed by atoms with van der Waals surface area (Å²) in [5, 5.41) is 23.6. The number of carbonyl (C=O) groups excluding carboxylic acids is 1. The number of carboxylic acids is 1. The normalized spacial score (nSPS) is 11.7. The maximum absolute atomic E-state index is 13.2. The van der Waals surface area contributed by atoms with E-state index in [1.807, 2.05) is 61.0 Å². The van der Waals surface area contributed by atoms with E-state index in [-0.39, 0.29) is 18.4 Å². The minimum Gasteiger partial charge on any atom is -0.494 e. The molecule has 1 amide bonds. The van der Waals surface area contributed by atoms with Crippen molar-refractivity contribution in [3.05, 3.63) is 84.1 Å². The van der Waals surface area contributed by atoms with E-state index in [9.17, 15) is 9.59 Å². The number of aliphatic carboxylic acids is 1. The first kappa shape index (κ1) is 40.8. The second-order valence-electron chi connectivity index (χ2n) is 12.6. The molecule has 0 aliphatic rings. The molecular weight excluding hydrogens is 678 g/mol. The molecule has 2 aromatic carbocycles. The van der Waals surface area contributed by atoms with Crippen molar-refractivity contribution in [2.45, 2.75) is 70.9 Å². The number of nitrogens with one attached hydrogen (secondary N) is 2. The molecule has 4 rings (SSSR count). The van der Waals surface area contributed by atoms with E-state index in [4.69, 9.17) is 24.1 Å².